The van der Waals surface area contributed by atoms with Gasteiger partial charge < -0.3 is 10.1 Å². The number of hydrogen-bond acceptors (Lipinski definition) is 2. The maximum absolute atomic E-state index is 5.39. The quantitative estimate of drug-likeness (QED) is 0.498. The van der Waals surface area contributed by atoms with Crippen molar-refractivity contribution in [2.75, 3.05) is 13.1 Å². The topological polar surface area (TPSA) is 21.3 Å². The molecule has 0 bridgehead atoms. The van der Waals surface area contributed by atoms with Gasteiger partial charge in [-0.15, -0.1) is 6.58 Å². The van der Waals surface area contributed by atoms with Crippen molar-refractivity contribution < 1.29 is 4.74 Å². The molecule has 0 saturated heterocycles. The molecule has 1 aliphatic rings. The molecule has 1 heterocycles. The minimum atomic E-state index is 0.375. The van der Waals surface area contributed by atoms with Crippen molar-refractivity contribution in [1.82, 2.24) is 5.32 Å². The Morgan fingerprint density at radius 3 is 3.25 bits per heavy atom. The number of ether oxygens (including phenoxy) is 1. The van der Waals surface area contributed by atoms with Gasteiger partial charge >= 0.3 is 0 Å². The van der Waals surface area contributed by atoms with Gasteiger partial charge in [-0.1, -0.05) is 6.08 Å². The molecule has 0 aromatic rings. The third-order valence-electron chi connectivity index (χ3n) is 1.92. The maximum Gasteiger partial charge on any atom is 0.110 e. The largest absolute Gasteiger partial charge is 0.497 e. The summed E-state index contributed by atoms with van der Waals surface area (Å²) in [6, 6.07) is 0. The van der Waals surface area contributed by atoms with Gasteiger partial charge in [0.05, 0.1) is 6.26 Å². The smallest absolute Gasteiger partial charge is 0.110 e. The van der Waals surface area contributed by atoms with E-state index in [-0.39, 0.29) is 0 Å². The summed E-state index contributed by atoms with van der Waals surface area (Å²) in [4.78, 5) is 0. The lowest BCUT2D eigenvalue weighted by atomic mass is 10.1. The van der Waals surface area contributed by atoms with Gasteiger partial charge in [0.1, 0.15) is 6.10 Å². The molecule has 2 heteroatoms. The fourth-order valence-corrected chi connectivity index (χ4v) is 1.20. The molecule has 68 valence electrons. The molecule has 0 aromatic carbocycles. The van der Waals surface area contributed by atoms with Crippen LogP contribution < -0.4 is 5.32 Å². The van der Waals surface area contributed by atoms with E-state index in [1.54, 1.807) is 0 Å². The van der Waals surface area contributed by atoms with Crippen molar-refractivity contribution in [3.63, 3.8) is 0 Å². The summed E-state index contributed by atoms with van der Waals surface area (Å²) in [5.41, 5.74) is 0. The molecule has 0 aliphatic carbocycles. The zero-order valence-corrected chi connectivity index (χ0v) is 7.46. The van der Waals surface area contributed by atoms with Crippen LogP contribution in [0.1, 0.15) is 19.3 Å². The van der Waals surface area contributed by atoms with Crippen LogP contribution in [-0.2, 0) is 4.74 Å². The molecule has 0 fully saturated rings. The van der Waals surface area contributed by atoms with Crippen molar-refractivity contribution in [3.8, 4) is 0 Å². The van der Waals surface area contributed by atoms with Crippen LogP contribution >= 0.6 is 0 Å². The molecule has 1 unspecified atom stereocenters. The van der Waals surface area contributed by atoms with Crippen LogP contribution in [0, 0.1) is 0 Å². The van der Waals surface area contributed by atoms with Crippen molar-refractivity contribution in [1.29, 1.82) is 0 Å². The van der Waals surface area contributed by atoms with Crippen LogP contribution in [-0.4, -0.2) is 19.2 Å². The summed E-state index contributed by atoms with van der Waals surface area (Å²) >= 11 is 0. The van der Waals surface area contributed by atoms with Crippen LogP contribution in [0.15, 0.2) is 25.0 Å². The number of hydrogen-bond donors (Lipinski definition) is 1. The second-order valence-corrected chi connectivity index (χ2v) is 2.99. The Morgan fingerprint density at radius 1 is 1.67 bits per heavy atom. The molecule has 0 radical (unpaired) electrons. The van der Waals surface area contributed by atoms with Gasteiger partial charge in [0.15, 0.2) is 0 Å². The zero-order valence-electron chi connectivity index (χ0n) is 7.46. The van der Waals surface area contributed by atoms with E-state index in [2.05, 4.69) is 18.0 Å². The van der Waals surface area contributed by atoms with Crippen molar-refractivity contribution in [2.24, 2.45) is 0 Å². The normalized spacial score (nSPS) is 21.8. The standard InChI is InChI=1S/C10H17NO/c1-2-3-7-11-9-10-6-4-5-8-12-10/h2,5,8,10-11H,1,3-4,6-7,9H2. The molecular weight excluding hydrogens is 150 g/mol. The van der Waals surface area contributed by atoms with Gasteiger partial charge in [0.25, 0.3) is 0 Å². The van der Waals surface area contributed by atoms with Crippen LogP contribution in [0.5, 0.6) is 0 Å². The van der Waals surface area contributed by atoms with Crippen LogP contribution in [0.4, 0.5) is 0 Å². The summed E-state index contributed by atoms with van der Waals surface area (Å²) in [6.45, 7) is 5.63. The highest BCUT2D eigenvalue weighted by Crippen LogP contribution is 2.08. The van der Waals surface area contributed by atoms with E-state index in [0.29, 0.717) is 6.10 Å². The van der Waals surface area contributed by atoms with Gasteiger partial charge in [-0.2, -0.15) is 0 Å². The monoisotopic (exact) mass is 167 g/mol. The Labute approximate surface area is 74.3 Å². The van der Waals surface area contributed by atoms with Gasteiger partial charge in [-0.05, 0) is 31.9 Å². The lowest BCUT2D eigenvalue weighted by Crippen LogP contribution is -2.29. The minimum Gasteiger partial charge on any atom is -0.497 e. The highest BCUT2D eigenvalue weighted by Gasteiger charge is 2.08. The zero-order chi connectivity index (χ0) is 8.65. The van der Waals surface area contributed by atoms with Gasteiger partial charge in [-0.25, -0.2) is 0 Å². The van der Waals surface area contributed by atoms with E-state index in [4.69, 9.17) is 4.74 Å². The van der Waals surface area contributed by atoms with Crippen LogP contribution in [0.3, 0.4) is 0 Å². The molecule has 0 amide bonds. The molecule has 1 rings (SSSR count). The summed E-state index contributed by atoms with van der Waals surface area (Å²) < 4.78 is 5.39. The van der Waals surface area contributed by atoms with Gasteiger partial charge in [0.2, 0.25) is 0 Å². The average molecular weight is 167 g/mol. The van der Waals surface area contributed by atoms with Crippen molar-refractivity contribution in [3.05, 3.63) is 25.0 Å². The van der Waals surface area contributed by atoms with E-state index in [1.807, 2.05) is 12.3 Å². The molecule has 0 spiro atoms. The SMILES string of the molecule is C=CCCNCC1CCC=CO1. The van der Waals surface area contributed by atoms with E-state index in [9.17, 15) is 0 Å². The Hall–Kier alpha value is -0.760. The van der Waals surface area contributed by atoms with Crippen LogP contribution in [0.2, 0.25) is 0 Å². The van der Waals surface area contributed by atoms with E-state index in [1.165, 1.54) is 0 Å². The molecule has 1 N–H and O–H groups in total. The van der Waals surface area contributed by atoms with Crippen molar-refractivity contribution in [2.45, 2.75) is 25.4 Å². The molecule has 2 nitrogen and oxygen atoms in total. The second kappa shape index (κ2) is 5.84. The van der Waals surface area contributed by atoms with Crippen molar-refractivity contribution >= 4 is 0 Å². The Balaban J connectivity index is 1.99. The molecule has 0 saturated carbocycles. The predicted molar refractivity (Wildman–Crippen MR) is 50.9 cm³/mol. The first-order chi connectivity index (χ1) is 5.93. The Bertz CT molecular complexity index is 154. The lowest BCUT2D eigenvalue weighted by molar-refractivity contribution is 0.123. The maximum atomic E-state index is 5.39. The van der Waals surface area contributed by atoms with Gasteiger partial charge in [-0.3, -0.25) is 0 Å². The highest BCUT2D eigenvalue weighted by atomic mass is 16.5. The summed E-state index contributed by atoms with van der Waals surface area (Å²) in [6.07, 6.45) is 9.49. The van der Waals surface area contributed by atoms with E-state index in [0.717, 1.165) is 32.4 Å². The lowest BCUT2D eigenvalue weighted by Gasteiger charge is -2.19. The fraction of sp³-hybridized carbons (Fsp3) is 0.600. The Morgan fingerprint density at radius 2 is 2.58 bits per heavy atom. The van der Waals surface area contributed by atoms with E-state index < -0.39 is 0 Å². The summed E-state index contributed by atoms with van der Waals surface area (Å²) in [5, 5.41) is 3.33. The highest BCUT2D eigenvalue weighted by molar-refractivity contribution is 4.83. The molecule has 1 atom stereocenters. The molecule has 12 heavy (non-hydrogen) atoms. The van der Waals surface area contributed by atoms with Gasteiger partial charge in [0, 0.05) is 6.54 Å². The minimum absolute atomic E-state index is 0.375. The number of allylic oxidation sites excluding steroid dienone is 1. The molecular formula is C10H17NO. The van der Waals surface area contributed by atoms with E-state index >= 15 is 0 Å². The summed E-state index contributed by atoms with van der Waals surface area (Å²) in [5.74, 6) is 0. The number of nitrogens with one attached hydrogen (secondary N) is 1. The molecule has 0 aromatic heterocycles. The first kappa shape index (κ1) is 9.33. The summed E-state index contributed by atoms with van der Waals surface area (Å²) in [7, 11) is 0. The molecule has 1 aliphatic heterocycles. The fourth-order valence-electron chi connectivity index (χ4n) is 1.20. The first-order valence-corrected chi connectivity index (χ1v) is 4.55. The first-order valence-electron chi connectivity index (χ1n) is 4.55. The predicted octanol–water partition coefficient (Wildman–Crippen LogP) is 1.84. The van der Waals surface area contributed by atoms with Crippen LogP contribution in [0.25, 0.3) is 0 Å². The Kier molecular flexibility index (Phi) is 4.54. The second-order valence-electron chi connectivity index (χ2n) is 2.99. The number of rotatable bonds is 5. The average Bonchev–Trinajstić information content (AvgIpc) is 2.14. The third-order valence-corrected chi connectivity index (χ3v) is 1.92. The third kappa shape index (κ3) is 3.58.